The molecule has 0 bridgehead atoms. The standard InChI is InChI=1S/C13H15ClO2/c1-9-6-10(8-11(14)7-9)13(16)4-2-12(15)3-5-13/h6-8,16H,2-5H2,1H3. The molecule has 0 amide bonds. The van der Waals surface area contributed by atoms with Gasteiger partial charge in [-0.15, -0.1) is 0 Å². The Labute approximate surface area is 100 Å². The van der Waals surface area contributed by atoms with E-state index in [9.17, 15) is 9.90 Å². The van der Waals surface area contributed by atoms with Crippen LogP contribution in [0, 0.1) is 6.92 Å². The summed E-state index contributed by atoms with van der Waals surface area (Å²) in [4.78, 5) is 11.2. The monoisotopic (exact) mass is 238 g/mol. The van der Waals surface area contributed by atoms with E-state index in [2.05, 4.69) is 0 Å². The Morgan fingerprint density at radius 3 is 2.44 bits per heavy atom. The lowest BCUT2D eigenvalue weighted by atomic mass is 9.79. The number of ketones is 1. The first kappa shape index (κ1) is 11.6. The minimum absolute atomic E-state index is 0.239. The summed E-state index contributed by atoms with van der Waals surface area (Å²) >= 11 is 5.98. The summed E-state index contributed by atoms with van der Waals surface area (Å²) in [5.74, 6) is 0.239. The Morgan fingerprint density at radius 2 is 1.88 bits per heavy atom. The summed E-state index contributed by atoms with van der Waals surface area (Å²) < 4.78 is 0. The molecule has 1 saturated carbocycles. The number of hydrogen-bond acceptors (Lipinski definition) is 2. The van der Waals surface area contributed by atoms with Crippen LogP contribution in [0.15, 0.2) is 18.2 Å². The number of carbonyl (C=O) groups excluding carboxylic acids is 1. The van der Waals surface area contributed by atoms with Crippen LogP contribution >= 0.6 is 11.6 Å². The molecule has 0 aliphatic heterocycles. The molecular formula is C13H15ClO2. The number of benzene rings is 1. The lowest BCUT2D eigenvalue weighted by Gasteiger charge is -2.32. The van der Waals surface area contributed by atoms with E-state index in [-0.39, 0.29) is 5.78 Å². The topological polar surface area (TPSA) is 37.3 Å². The Balaban J connectivity index is 2.32. The average Bonchev–Trinajstić information content (AvgIpc) is 2.21. The van der Waals surface area contributed by atoms with Crippen LogP contribution in [-0.4, -0.2) is 10.9 Å². The minimum Gasteiger partial charge on any atom is -0.385 e. The molecule has 0 aromatic heterocycles. The highest BCUT2D eigenvalue weighted by Crippen LogP contribution is 2.37. The van der Waals surface area contributed by atoms with Gasteiger partial charge in [0, 0.05) is 17.9 Å². The molecule has 0 saturated heterocycles. The average molecular weight is 239 g/mol. The number of aryl methyl sites for hydroxylation is 1. The summed E-state index contributed by atoms with van der Waals surface area (Å²) in [5.41, 5.74) is 1.00. The SMILES string of the molecule is Cc1cc(Cl)cc(C2(O)CCC(=O)CC2)c1. The van der Waals surface area contributed by atoms with Gasteiger partial charge in [0.1, 0.15) is 5.78 Å². The third kappa shape index (κ3) is 2.28. The second-order valence-electron chi connectivity index (χ2n) is 4.59. The van der Waals surface area contributed by atoms with Gasteiger partial charge in [0.15, 0.2) is 0 Å². The normalized spacial score (nSPS) is 19.8. The van der Waals surface area contributed by atoms with E-state index in [1.807, 2.05) is 19.1 Å². The molecule has 1 fully saturated rings. The molecular weight excluding hydrogens is 224 g/mol. The molecule has 0 spiro atoms. The smallest absolute Gasteiger partial charge is 0.133 e. The van der Waals surface area contributed by atoms with Gasteiger partial charge in [0.2, 0.25) is 0 Å². The van der Waals surface area contributed by atoms with Crippen LogP contribution in [0.5, 0.6) is 0 Å². The van der Waals surface area contributed by atoms with Gasteiger partial charge in [-0.05, 0) is 43.0 Å². The quantitative estimate of drug-likeness (QED) is 0.817. The first-order valence-corrected chi connectivity index (χ1v) is 5.89. The van der Waals surface area contributed by atoms with E-state index in [1.54, 1.807) is 6.07 Å². The van der Waals surface area contributed by atoms with E-state index >= 15 is 0 Å². The fourth-order valence-electron chi connectivity index (χ4n) is 2.24. The van der Waals surface area contributed by atoms with Crippen molar-refractivity contribution in [2.75, 3.05) is 0 Å². The molecule has 1 aromatic rings. The highest BCUT2D eigenvalue weighted by atomic mass is 35.5. The van der Waals surface area contributed by atoms with Crippen LogP contribution in [0.2, 0.25) is 5.02 Å². The van der Waals surface area contributed by atoms with E-state index in [0.29, 0.717) is 30.7 Å². The highest BCUT2D eigenvalue weighted by Gasteiger charge is 2.34. The minimum atomic E-state index is -0.871. The Morgan fingerprint density at radius 1 is 1.25 bits per heavy atom. The molecule has 0 heterocycles. The van der Waals surface area contributed by atoms with Crippen LogP contribution < -0.4 is 0 Å². The zero-order chi connectivity index (χ0) is 11.8. The summed E-state index contributed by atoms with van der Waals surface area (Å²) in [6.45, 7) is 1.95. The molecule has 1 aliphatic rings. The largest absolute Gasteiger partial charge is 0.385 e. The second-order valence-corrected chi connectivity index (χ2v) is 5.02. The molecule has 2 rings (SSSR count). The van der Waals surface area contributed by atoms with E-state index in [1.165, 1.54) is 0 Å². The van der Waals surface area contributed by atoms with Crippen molar-refractivity contribution in [3.63, 3.8) is 0 Å². The zero-order valence-electron chi connectivity index (χ0n) is 9.29. The summed E-state index contributed by atoms with van der Waals surface area (Å²) in [7, 11) is 0. The van der Waals surface area contributed by atoms with Gasteiger partial charge < -0.3 is 5.11 Å². The first-order chi connectivity index (χ1) is 7.49. The van der Waals surface area contributed by atoms with Gasteiger partial charge in [-0.1, -0.05) is 17.7 Å². The van der Waals surface area contributed by atoms with Gasteiger partial charge in [0.05, 0.1) is 5.60 Å². The van der Waals surface area contributed by atoms with Crippen molar-refractivity contribution in [1.82, 2.24) is 0 Å². The molecule has 0 atom stereocenters. The predicted molar refractivity (Wildman–Crippen MR) is 63.6 cm³/mol. The van der Waals surface area contributed by atoms with Gasteiger partial charge in [-0.2, -0.15) is 0 Å². The lowest BCUT2D eigenvalue weighted by Crippen LogP contribution is -2.31. The molecule has 2 nitrogen and oxygen atoms in total. The van der Waals surface area contributed by atoms with Crippen molar-refractivity contribution in [1.29, 1.82) is 0 Å². The van der Waals surface area contributed by atoms with Crippen molar-refractivity contribution in [2.45, 2.75) is 38.2 Å². The Hall–Kier alpha value is -0.860. The summed E-state index contributed by atoms with van der Waals surface area (Å²) in [5, 5.41) is 11.1. The van der Waals surface area contributed by atoms with Crippen LogP contribution in [0.3, 0.4) is 0 Å². The van der Waals surface area contributed by atoms with Crippen LogP contribution in [-0.2, 0) is 10.4 Å². The molecule has 0 radical (unpaired) electrons. The van der Waals surface area contributed by atoms with Crippen LogP contribution in [0.25, 0.3) is 0 Å². The Bertz CT molecular complexity index is 396. The molecule has 1 N–H and O–H groups in total. The number of carbonyl (C=O) groups is 1. The number of halogens is 1. The van der Waals surface area contributed by atoms with Crippen molar-refractivity contribution in [3.05, 3.63) is 34.3 Å². The summed E-state index contributed by atoms with van der Waals surface area (Å²) in [6.07, 6.45) is 1.93. The van der Waals surface area contributed by atoms with Crippen LogP contribution in [0.1, 0.15) is 36.8 Å². The van der Waals surface area contributed by atoms with Crippen molar-refractivity contribution < 1.29 is 9.90 Å². The molecule has 1 aliphatic carbocycles. The lowest BCUT2D eigenvalue weighted by molar-refractivity contribution is -0.125. The molecule has 1 aromatic carbocycles. The van der Waals surface area contributed by atoms with E-state index in [4.69, 9.17) is 11.6 Å². The van der Waals surface area contributed by atoms with Crippen LogP contribution in [0.4, 0.5) is 0 Å². The fourth-order valence-corrected chi connectivity index (χ4v) is 2.53. The van der Waals surface area contributed by atoms with Crippen molar-refractivity contribution >= 4 is 17.4 Å². The highest BCUT2D eigenvalue weighted by molar-refractivity contribution is 6.30. The third-order valence-corrected chi connectivity index (χ3v) is 3.43. The first-order valence-electron chi connectivity index (χ1n) is 5.51. The molecule has 86 valence electrons. The molecule has 0 unspecified atom stereocenters. The molecule has 3 heteroatoms. The third-order valence-electron chi connectivity index (χ3n) is 3.21. The van der Waals surface area contributed by atoms with Crippen molar-refractivity contribution in [3.8, 4) is 0 Å². The van der Waals surface area contributed by atoms with Gasteiger partial charge in [-0.3, -0.25) is 4.79 Å². The summed E-state index contributed by atoms with van der Waals surface area (Å²) in [6, 6.07) is 5.61. The maximum atomic E-state index is 11.2. The number of hydrogen-bond donors (Lipinski definition) is 1. The van der Waals surface area contributed by atoms with E-state index in [0.717, 1.165) is 11.1 Å². The molecule has 16 heavy (non-hydrogen) atoms. The number of Topliss-reactive ketones (excluding diaryl/α,β-unsaturated/α-hetero) is 1. The van der Waals surface area contributed by atoms with Crippen molar-refractivity contribution in [2.24, 2.45) is 0 Å². The van der Waals surface area contributed by atoms with E-state index < -0.39 is 5.60 Å². The van der Waals surface area contributed by atoms with Gasteiger partial charge in [0.25, 0.3) is 0 Å². The number of aliphatic hydroxyl groups is 1. The van der Waals surface area contributed by atoms with Gasteiger partial charge >= 0.3 is 0 Å². The second kappa shape index (κ2) is 4.19. The van der Waals surface area contributed by atoms with Gasteiger partial charge in [-0.25, -0.2) is 0 Å². The predicted octanol–water partition coefficient (Wildman–Crippen LogP) is 2.98. The zero-order valence-corrected chi connectivity index (χ0v) is 10.0. The number of rotatable bonds is 1. The Kier molecular flexibility index (Phi) is 3.04. The fraction of sp³-hybridized carbons (Fsp3) is 0.462. The maximum Gasteiger partial charge on any atom is 0.133 e. The maximum absolute atomic E-state index is 11.2.